The molecule has 0 aliphatic carbocycles. The second-order valence-electron chi connectivity index (χ2n) is 5.62. The van der Waals surface area contributed by atoms with Gasteiger partial charge in [-0.15, -0.1) is 0 Å². The highest BCUT2D eigenvalue weighted by Crippen LogP contribution is 2.21. The Hall–Kier alpha value is -1.66. The molecule has 0 aliphatic rings. The summed E-state index contributed by atoms with van der Waals surface area (Å²) in [6.07, 6.45) is 0.482. The van der Waals surface area contributed by atoms with Crippen LogP contribution in [0.4, 0.5) is 0 Å². The van der Waals surface area contributed by atoms with Gasteiger partial charge >= 0.3 is 0 Å². The zero-order chi connectivity index (χ0) is 16.5. The third kappa shape index (κ3) is 3.56. The first-order valence-electron chi connectivity index (χ1n) is 7.21. The molecule has 0 atom stereocenters. The molecule has 0 fully saturated rings. The van der Waals surface area contributed by atoms with Gasteiger partial charge in [-0.1, -0.05) is 17.7 Å². The number of nitrogens with one attached hydrogen (secondary N) is 1. The Morgan fingerprint density at radius 2 is 1.68 bits per heavy atom. The fourth-order valence-corrected chi connectivity index (χ4v) is 4.25. The maximum Gasteiger partial charge on any atom is 0.241 e. The number of aryl methyl sites for hydroxylation is 5. The maximum atomic E-state index is 12.5. The lowest BCUT2D eigenvalue weighted by Gasteiger charge is -2.12. The Morgan fingerprint density at radius 1 is 1.09 bits per heavy atom. The van der Waals surface area contributed by atoms with E-state index in [2.05, 4.69) is 9.71 Å². The van der Waals surface area contributed by atoms with Gasteiger partial charge in [0, 0.05) is 19.9 Å². The Morgan fingerprint density at radius 3 is 2.18 bits per heavy atom. The second kappa shape index (κ2) is 6.22. The van der Waals surface area contributed by atoms with Crippen LogP contribution in [0.25, 0.3) is 0 Å². The lowest BCUT2D eigenvalue weighted by molar-refractivity contribution is 0.472. The highest BCUT2D eigenvalue weighted by atomic mass is 32.2. The summed E-state index contributed by atoms with van der Waals surface area (Å²) >= 11 is 0. The minimum Gasteiger partial charge on any atom is -0.446 e. The quantitative estimate of drug-likeness (QED) is 0.918. The molecule has 0 aliphatic heterocycles. The molecule has 0 radical (unpaired) electrons. The highest BCUT2D eigenvalue weighted by molar-refractivity contribution is 7.89. The van der Waals surface area contributed by atoms with E-state index in [1.165, 1.54) is 0 Å². The third-order valence-electron chi connectivity index (χ3n) is 3.52. The van der Waals surface area contributed by atoms with Crippen LogP contribution in [0.1, 0.15) is 34.0 Å². The van der Waals surface area contributed by atoms with E-state index in [9.17, 15) is 8.42 Å². The average Bonchev–Trinajstić information content (AvgIpc) is 2.65. The Labute approximate surface area is 131 Å². The maximum absolute atomic E-state index is 12.5. The van der Waals surface area contributed by atoms with Crippen LogP contribution in [0, 0.1) is 34.6 Å². The van der Waals surface area contributed by atoms with Gasteiger partial charge < -0.3 is 4.42 Å². The topological polar surface area (TPSA) is 72.2 Å². The van der Waals surface area contributed by atoms with Crippen LogP contribution < -0.4 is 4.72 Å². The fraction of sp³-hybridized carbons (Fsp3) is 0.438. The van der Waals surface area contributed by atoms with Gasteiger partial charge in [-0.05, 0) is 38.8 Å². The summed E-state index contributed by atoms with van der Waals surface area (Å²) in [5.41, 5.74) is 3.38. The summed E-state index contributed by atoms with van der Waals surface area (Å²) in [7, 11) is -3.53. The monoisotopic (exact) mass is 322 g/mol. The van der Waals surface area contributed by atoms with Crippen LogP contribution in [0.15, 0.2) is 21.4 Å². The van der Waals surface area contributed by atoms with E-state index in [1.54, 1.807) is 6.92 Å². The molecule has 0 saturated heterocycles. The number of sulfonamides is 1. The molecule has 6 heteroatoms. The molecule has 2 aromatic rings. The fourth-order valence-electron chi connectivity index (χ4n) is 2.77. The van der Waals surface area contributed by atoms with Gasteiger partial charge in [0.05, 0.1) is 10.6 Å². The lowest BCUT2D eigenvalue weighted by Crippen LogP contribution is -2.27. The summed E-state index contributed by atoms with van der Waals surface area (Å²) in [5.74, 6) is 1.32. The Bertz CT molecular complexity index is 769. The zero-order valence-electron chi connectivity index (χ0n) is 13.6. The van der Waals surface area contributed by atoms with E-state index < -0.39 is 10.0 Å². The summed E-state index contributed by atoms with van der Waals surface area (Å²) in [6.45, 7) is 9.51. The molecule has 0 spiro atoms. The molecule has 0 saturated carbocycles. The number of rotatable bonds is 5. The molecule has 2 rings (SSSR count). The van der Waals surface area contributed by atoms with E-state index in [-0.39, 0.29) is 6.54 Å². The number of benzene rings is 1. The largest absolute Gasteiger partial charge is 0.446 e. The molecular formula is C16H22N2O3S. The molecule has 1 heterocycles. The summed E-state index contributed by atoms with van der Waals surface area (Å²) in [5, 5.41) is 0. The first-order chi connectivity index (χ1) is 10.2. The van der Waals surface area contributed by atoms with Gasteiger partial charge in [-0.3, -0.25) is 0 Å². The van der Waals surface area contributed by atoms with E-state index in [1.807, 2.05) is 39.8 Å². The normalized spacial score (nSPS) is 11.9. The van der Waals surface area contributed by atoms with Crippen LogP contribution in [-0.2, 0) is 16.4 Å². The number of hydrogen-bond acceptors (Lipinski definition) is 4. The van der Waals surface area contributed by atoms with Crippen molar-refractivity contribution in [3.63, 3.8) is 0 Å². The van der Waals surface area contributed by atoms with Gasteiger partial charge in [0.25, 0.3) is 0 Å². The van der Waals surface area contributed by atoms with Crippen molar-refractivity contribution >= 4 is 10.0 Å². The van der Waals surface area contributed by atoms with E-state index in [0.717, 1.165) is 28.1 Å². The zero-order valence-corrected chi connectivity index (χ0v) is 14.5. The predicted molar refractivity (Wildman–Crippen MR) is 85.5 cm³/mol. The summed E-state index contributed by atoms with van der Waals surface area (Å²) in [4.78, 5) is 4.54. The molecule has 120 valence electrons. The van der Waals surface area contributed by atoms with Crippen molar-refractivity contribution in [2.75, 3.05) is 6.54 Å². The van der Waals surface area contributed by atoms with Gasteiger partial charge in [-0.2, -0.15) is 0 Å². The number of nitrogens with zero attached hydrogens (tertiary/aromatic N) is 1. The van der Waals surface area contributed by atoms with E-state index in [4.69, 9.17) is 4.42 Å². The Kier molecular flexibility index (Phi) is 4.72. The minimum absolute atomic E-state index is 0.282. The van der Waals surface area contributed by atoms with Crippen molar-refractivity contribution in [3.8, 4) is 0 Å². The Balaban J connectivity index is 2.14. The lowest BCUT2D eigenvalue weighted by atomic mass is 10.1. The van der Waals surface area contributed by atoms with Crippen molar-refractivity contribution in [1.82, 2.24) is 9.71 Å². The first-order valence-corrected chi connectivity index (χ1v) is 8.69. The standard InChI is InChI=1S/C16H22N2O3S/c1-10-8-11(2)16(12(3)9-10)22(19,20)17-7-6-15-13(4)18-14(5)21-15/h8-9,17H,6-7H2,1-5H3. The third-order valence-corrected chi connectivity index (χ3v) is 5.28. The van der Waals surface area contributed by atoms with Gasteiger partial charge in [0.2, 0.25) is 10.0 Å². The average molecular weight is 322 g/mol. The molecule has 0 unspecified atom stereocenters. The predicted octanol–water partition coefficient (Wildman–Crippen LogP) is 2.74. The number of hydrogen-bond donors (Lipinski definition) is 1. The van der Waals surface area contributed by atoms with Crippen molar-refractivity contribution in [2.45, 2.75) is 45.9 Å². The minimum atomic E-state index is -3.53. The first kappa shape index (κ1) is 16.7. The van der Waals surface area contributed by atoms with Crippen molar-refractivity contribution in [3.05, 3.63) is 46.2 Å². The number of aromatic nitrogens is 1. The molecule has 22 heavy (non-hydrogen) atoms. The van der Waals surface area contributed by atoms with Crippen LogP contribution in [0.2, 0.25) is 0 Å². The molecular weight excluding hydrogens is 300 g/mol. The second-order valence-corrected chi connectivity index (χ2v) is 7.32. The molecule has 1 N–H and O–H groups in total. The smallest absolute Gasteiger partial charge is 0.241 e. The van der Waals surface area contributed by atoms with Crippen LogP contribution in [0.5, 0.6) is 0 Å². The molecule has 1 aromatic heterocycles. The summed E-state index contributed by atoms with van der Waals surface area (Å²) < 4.78 is 33.1. The van der Waals surface area contributed by atoms with Gasteiger partial charge in [0.1, 0.15) is 5.76 Å². The summed E-state index contributed by atoms with van der Waals surface area (Å²) in [6, 6.07) is 3.76. The molecule has 0 amide bonds. The van der Waals surface area contributed by atoms with Crippen LogP contribution in [0.3, 0.4) is 0 Å². The van der Waals surface area contributed by atoms with E-state index >= 15 is 0 Å². The molecule has 5 nitrogen and oxygen atoms in total. The molecule has 1 aromatic carbocycles. The van der Waals surface area contributed by atoms with Crippen LogP contribution in [-0.4, -0.2) is 19.9 Å². The van der Waals surface area contributed by atoms with Crippen molar-refractivity contribution in [1.29, 1.82) is 0 Å². The van der Waals surface area contributed by atoms with Gasteiger partial charge in [0.15, 0.2) is 5.89 Å². The number of oxazole rings is 1. The highest BCUT2D eigenvalue weighted by Gasteiger charge is 2.19. The van der Waals surface area contributed by atoms with Crippen LogP contribution >= 0.6 is 0 Å². The van der Waals surface area contributed by atoms with Crippen molar-refractivity contribution < 1.29 is 12.8 Å². The van der Waals surface area contributed by atoms with Gasteiger partial charge in [-0.25, -0.2) is 18.1 Å². The van der Waals surface area contributed by atoms with Crippen molar-refractivity contribution in [2.24, 2.45) is 0 Å². The SMILES string of the molecule is Cc1cc(C)c(S(=O)(=O)NCCc2oc(C)nc2C)c(C)c1. The van der Waals surface area contributed by atoms with E-state index in [0.29, 0.717) is 17.2 Å². The molecule has 0 bridgehead atoms.